The number of pyridine rings is 1. The molecule has 1 aliphatic heterocycles. The number of aromatic nitrogens is 5. The second kappa shape index (κ2) is 16.6. The number of nitrogens with one attached hydrogen (secondary N) is 1. The Hall–Kier alpha value is -3.61. The van der Waals surface area contributed by atoms with Gasteiger partial charge in [0.1, 0.15) is 23.6 Å². The van der Waals surface area contributed by atoms with Crippen LogP contribution in [-0.2, 0) is 16.0 Å². The zero-order valence-electron chi connectivity index (χ0n) is 26.5. The van der Waals surface area contributed by atoms with Gasteiger partial charge in [0.05, 0.1) is 23.7 Å². The van der Waals surface area contributed by atoms with Crippen LogP contribution in [0.3, 0.4) is 0 Å². The predicted octanol–water partition coefficient (Wildman–Crippen LogP) is 5.56. The van der Waals surface area contributed by atoms with Gasteiger partial charge in [-0.05, 0) is 44.5 Å². The zero-order valence-corrected chi connectivity index (χ0v) is 27.2. The Morgan fingerprint density at radius 3 is 2.73 bits per heavy atom. The van der Waals surface area contributed by atoms with Crippen LogP contribution in [0.25, 0.3) is 33.1 Å². The number of benzene rings is 1. The van der Waals surface area contributed by atoms with Gasteiger partial charge in [-0.25, -0.2) is 4.39 Å². The van der Waals surface area contributed by atoms with Crippen LogP contribution in [0.1, 0.15) is 57.4 Å². The lowest BCUT2D eigenvalue weighted by Gasteiger charge is -2.22. The Morgan fingerprint density at radius 1 is 1.20 bits per heavy atom. The van der Waals surface area contributed by atoms with Crippen molar-refractivity contribution < 1.29 is 23.8 Å². The Kier molecular flexibility index (Phi) is 12.7. The number of H-pyrrole nitrogens is 1. The number of hydrogen-bond acceptors (Lipinski definition) is 10. The molecule has 1 aromatic carbocycles. The van der Waals surface area contributed by atoms with Crippen molar-refractivity contribution in [2.24, 2.45) is 0 Å². The van der Waals surface area contributed by atoms with Gasteiger partial charge in [0, 0.05) is 55.3 Å². The van der Waals surface area contributed by atoms with Gasteiger partial charge in [-0.2, -0.15) is 15.1 Å². The maximum atomic E-state index is 16.7. The molecule has 0 amide bonds. The van der Waals surface area contributed by atoms with Crippen molar-refractivity contribution in [3.8, 4) is 17.3 Å². The molecule has 11 nitrogen and oxygen atoms in total. The number of aliphatic hydroxyl groups excluding tert-OH is 1. The van der Waals surface area contributed by atoms with Crippen LogP contribution in [0.5, 0.6) is 6.01 Å². The van der Waals surface area contributed by atoms with Crippen molar-refractivity contribution in [2.45, 2.75) is 64.3 Å². The summed E-state index contributed by atoms with van der Waals surface area (Å²) in [5.41, 5.74) is 1.91. The van der Waals surface area contributed by atoms with Gasteiger partial charge in [-0.3, -0.25) is 14.9 Å². The summed E-state index contributed by atoms with van der Waals surface area (Å²) in [7, 11) is 5.04. The number of likely N-dealkylation sites (N-methyl/N-ethyl adjacent to an activating group) is 1. The van der Waals surface area contributed by atoms with Crippen LogP contribution >= 0.6 is 11.6 Å². The zero-order chi connectivity index (χ0) is 32.3. The monoisotopic (exact) mass is 643 g/mol. The average molecular weight is 644 g/mol. The van der Waals surface area contributed by atoms with Crippen molar-refractivity contribution in [3.05, 3.63) is 34.9 Å². The maximum absolute atomic E-state index is 16.7. The van der Waals surface area contributed by atoms with Crippen LogP contribution in [0, 0.1) is 5.82 Å². The van der Waals surface area contributed by atoms with Gasteiger partial charge >= 0.3 is 6.01 Å². The van der Waals surface area contributed by atoms with Crippen molar-refractivity contribution in [1.82, 2.24) is 30.0 Å². The third-order valence-corrected chi connectivity index (χ3v) is 8.59. The number of ether oxygens (including phenoxy) is 2. The molecule has 244 valence electrons. The molecule has 1 atom stereocenters. The Bertz CT molecular complexity index is 1570. The van der Waals surface area contributed by atoms with Gasteiger partial charge in [0.15, 0.2) is 5.82 Å². The molecule has 1 fully saturated rings. The number of fused-ring (bicyclic) bond motifs is 2. The van der Waals surface area contributed by atoms with Crippen molar-refractivity contribution in [2.75, 3.05) is 52.4 Å². The second-order valence-electron chi connectivity index (χ2n) is 11.2. The fourth-order valence-electron chi connectivity index (χ4n) is 5.80. The van der Waals surface area contributed by atoms with E-state index >= 15 is 4.39 Å². The lowest BCUT2D eigenvalue weighted by Crippen LogP contribution is -2.31. The topological polar surface area (TPSA) is 130 Å². The summed E-state index contributed by atoms with van der Waals surface area (Å²) in [5, 5.41) is 15.6. The van der Waals surface area contributed by atoms with Crippen LogP contribution in [0.15, 0.2) is 18.5 Å². The molecule has 1 aliphatic rings. The average Bonchev–Trinajstić information content (AvgIpc) is 3.69. The first-order chi connectivity index (χ1) is 21.9. The van der Waals surface area contributed by atoms with Gasteiger partial charge in [-0.1, -0.05) is 44.2 Å². The molecule has 1 unspecified atom stereocenters. The van der Waals surface area contributed by atoms with E-state index in [-0.39, 0.29) is 36.3 Å². The first kappa shape index (κ1) is 34.3. The Labute approximate surface area is 268 Å². The normalized spacial score (nSPS) is 14.9. The third-order valence-electron chi connectivity index (χ3n) is 8.25. The molecule has 0 aliphatic carbocycles. The molecular formula is C32H43ClFN7O4. The highest BCUT2D eigenvalue weighted by Gasteiger charge is 2.26. The number of hydrogen-bond donors (Lipinski definition) is 2. The molecule has 0 radical (unpaired) electrons. The van der Waals surface area contributed by atoms with Crippen LogP contribution < -0.4 is 9.64 Å². The Morgan fingerprint density at radius 2 is 2.00 bits per heavy atom. The number of aliphatic hydroxyl groups is 1. The summed E-state index contributed by atoms with van der Waals surface area (Å²) >= 11 is 6.65. The van der Waals surface area contributed by atoms with Gasteiger partial charge in [-0.15, -0.1) is 0 Å². The predicted molar refractivity (Wildman–Crippen MR) is 174 cm³/mol. The van der Waals surface area contributed by atoms with Crippen LogP contribution in [-0.4, -0.2) is 95.2 Å². The van der Waals surface area contributed by atoms with Crippen molar-refractivity contribution in [1.29, 1.82) is 0 Å². The molecule has 45 heavy (non-hydrogen) atoms. The smallest absolute Gasteiger partial charge is 0.319 e. The largest absolute Gasteiger partial charge is 0.468 e. The third kappa shape index (κ3) is 7.98. The SMILES string of the molecule is CCCCCCCN(C)c1nc(OCC2CCCN2C)nc2c(F)c(-c3c(CCOC=O)c(Cl)cc4[nH]ncc34)ncc12.CO. The molecule has 0 spiro atoms. The van der Waals surface area contributed by atoms with E-state index in [9.17, 15) is 4.79 Å². The number of carbonyl (C=O) groups excluding carboxylic acids is 1. The number of nitrogens with zero attached hydrogens (tertiary/aromatic N) is 6. The highest BCUT2D eigenvalue weighted by Crippen LogP contribution is 2.39. The summed E-state index contributed by atoms with van der Waals surface area (Å²) < 4.78 is 27.8. The summed E-state index contributed by atoms with van der Waals surface area (Å²) in [6.07, 6.45) is 11.3. The molecule has 4 aromatic rings. The quantitative estimate of drug-likeness (QED) is 0.125. The van der Waals surface area contributed by atoms with E-state index in [0.29, 0.717) is 51.3 Å². The number of halogens is 2. The minimum atomic E-state index is -0.609. The summed E-state index contributed by atoms with van der Waals surface area (Å²) in [6.45, 7) is 4.86. The standard InChI is InChI=1S/C31H39ClFN7O3.CH4O/c1-4-5-6-7-8-12-40(3)30-23-16-34-29(26-21(11-14-42-19-41)24(32)15-25-22(26)17-35-38-25)27(33)28(23)36-31(37-30)43-18-20-10-9-13-39(20)2;1-2/h15-17,19-20H,4-14,18H2,1-3H3,(H,35,38);2H,1H3. The molecule has 0 bridgehead atoms. The first-order valence-corrected chi connectivity index (χ1v) is 15.9. The van der Waals surface area contributed by atoms with Crippen LogP contribution in [0.4, 0.5) is 10.2 Å². The number of carbonyl (C=O) groups is 1. The summed E-state index contributed by atoms with van der Waals surface area (Å²) in [4.78, 5) is 29.1. The lowest BCUT2D eigenvalue weighted by atomic mass is 9.96. The fourth-order valence-corrected chi connectivity index (χ4v) is 6.09. The number of aromatic amines is 1. The van der Waals surface area contributed by atoms with E-state index in [2.05, 4.69) is 39.0 Å². The van der Waals surface area contributed by atoms with Gasteiger partial charge < -0.3 is 24.4 Å². The van der Waals surface area contributed by atoms with E-state index in [0.717, 1.165) is 45.9 Å². The molecule has 3 aromatic heterocycles. The first-order valence-electron chi connectivity index (χ1n) is 15.5. The molecule has 4 heterocycles. The van der Waals surface area contributed by atoms with E-state index < -0.39 is 5.82 Å². The summed E-state index contributed by atoms with van der Waals surface area (Å²) in [5.74, 6) is -0.0324. The van der Waals surface area contributed by atoms with E-state index in [1.165, 1.54) is 19.3 Å². The molecule has 13 heteroatoms. The molecular weight excluding hydrogens is 601 g/mol. The minimum Gasteiger partial charge on any atom is -0.468 e. The summed E-state index contributed by atoms with van der Waals surface area (Å²) in [6, 6.07) is 2.12. The molecule has 0 saturated carbocycles. The molecule has 1 saturated heterocycles. The van der Waals surface area contributed by atoms with Gasteiger partial charge in [0.2, 0.25) is 0 Å². The number of likely N-dealkylation sites (tertiary alicyclic amines) is 1. The van der Waals surface area contributed by atoms with Gasteiger partial charge in [0.25, 0.3) is 6.47 Å². The Balaban J connectivity index is 0.00000226. The second-order valence-corrected chi connectivity index (χ2v) is 11.6. The maximum Gasteiger partial charge on any atom is 0.319 e. The molecule has 5 rings (SSSR count). The minimum absolute atomic E-state index is 0.0795. The number of rotatable bonds is 15. The molecule has 2 N–H and O–H groups in total. The fraction of sp³-hybridized carbons (Fsp3) is 0.531. The highest BCUT2D eigenvalue weighted by atomic mass is 35.5. The van der Waals surface area contributed by atoms with E-state index in [4.69, 9.17) is 31.2 Å². The van der Waals surface area contributed by atoms with E-state index in [1.54, 1.807) is 18.5 Å². The lowest BCUT2D eigenvalue weighted by molar-refractivity contribution is -0.128. The van der Waals surface area contributed by atoms with Crippen molar-refractivity contribution >= 4 is 45.7 Å². The number of unbranched alkanes of at least 4 members (excludes halogenated alkanes) is 4. The van der Waals surface area contributed by atoms with Crippen molar-refractivity contribution in [3.63, 3.8) is 0 Å². The number of anilines is 1. The van der Waals surface area contributed by atoms with E-state index in [1.807, 2.05) is 11.9 Å². The highest BCUT2D eigenvalue weighted by molar-refractivity contribution is 6.33. The van der Waals surface area contributed by atoms with Crippen LogP contribution in [0.2, 0.25) is 5.02 Å².